The fourth-order valence-electron chi connectivity index (χ4n) is 2.30. The monoisotopic (exact) mass is 263 g/mol. The molecule has 2 atom stereocenters. The molecule has 1 aliphatic heterocycles. The lowest BCUT2D eigenvalue weighted by molar-refractivity contribution is 0.0808. The number of hydrogen-bond acceptors (Lipinski definition) is 3. The first-order valence-corrected chi connectivity index (χ1v) is 7.17. The Kier molecular flexibility index (Phi) is 5.37. The van der Waals surface area contributed by atoms with Crippen LogP contribution in [0.4, 0.5) is 0 Å². The van der Waals surface area contributed by atoms with Gasteiger partial charge in [0.05, 0.1) is 25.9 Å². The van der Waals surface area contributed by atoms with Crippen LogP contribution in [0, 0.1) is 5.92 Å². The molecule has 1 aliphatic rings. The fraction of sp³-hybridized carbons (Fsp3) is 0.625. The van der Waals surface area contributed by atoms with Crippen molar-refractivity contribution >= 4 is 0 Å². The highest BCUT2D eigenvalue weighted by Gasteiger charge is 2.16. The summed E-state index contributed by atoms with van der Waals surface area (Å²) in [6, 6.07) is 8.50. The lowest BCUT2D eigenvalue weighted by Crippen LogP contribution is -2.20. The van der Waals surface area contributed by atoms with Gasteiger partial charge in [-0.05, 0) is 23.5 Å². The molecule has 1 aromatic rings. The Hall–Kier alpha value is -0.900. The molecule has 2 rings (SSSR count). The van der Waals surface area contributed by atoms with Crippen molar-refractivity contribution in [2.24, 2.45) is 11.7 Å². The maximum atomic E-state index is 6.15. The van der Waals surface area contributed by atoms with Gasteiger partial charge in [-0.3, -0.25) is 0 Å². The molecule has 0 radical (unpaired) electrons. The van der Waals surface area contributed by atoms with E-state index in [2.05, 4.69) is 38.1 Å². The van der Waals surface area contributed by atoms with E-state index in [4.69, 9.17) is 15.2 Å². The predicted molar refractivity (Wildman–Crippen MR) is 77.2 cm³/mol. The minimum absolute atomic E-state index is 0.0384. The quantitative estimate of drug-likeness (QED) is 0.858. The van der Waals surface area contributed by atoms with Gasteiger partial charge in [-0.1, -0.05) is 38.1 Å². The highest BCUT2D eigenvalue weighted by atomic mass is 16.5. The minimum atomic E-state index is -0.0384. The summed E-state index contributed by atoms with van der Waals surface area (Å²) in [4.78, 5) is 0. The SMILES string of the molecule is CC(C)c1ccc(C(N)COCC2CCOC2)cc1. The van der Waals surface area contributed by atoms with Gasteiger partial charge in [0.2, 0.25) is 0 Å². The van der Waals surface area contributed by atoms with E-state index >= 15 is 0 Å². The van der Waals surface area contributed by atoms with Gasteiger partial charge in [0, 0.05) is 12.5 Å². The van der Waals surface area contributed by atoms with Crippen molar-refractivity contribution in [3.63, 3.8) is 0 Å². The molecule has 106 valence electrons. The topological polar surface area (TPSA) is 44.5 Å². The first kappa shape index (κ1) is 14.5. The molecule has 1 aromatic carbocycles. The average molecular weight is 263 g/mol. The van der Waals surface area contributed by atoms with Gasteiger partial charge in [0.25, 0.3) is 0 Å². The fourth-order valence-corrected chi connectivity index (χ4v) is 2.30. The van der Waals surface area contributed by atoms with Gasteiger partial charge in [-0.15, -0.1) is 0 Å². The molecule has 0 amide bonds. The normalized spacial score (nSPS) is 20.9. The largest absolute Gasteiger partial charge is 0.381 e. The number of ether oxygens (including phenoxy) is 2. The third-order valence-electron chi connectivity index (χ3n) is 3.71. The van der Waals surface area contributed by atoms with Crippen LogP contribution >= 0.6 is 0 Å². The Morgan fingerprint density at radius 1 is 1.26 bits per heavy atom. The summed E-state index contributed by atoms with van der Waals surface area (Å²) in [5, 5.41) is 0. The summed E-state index contributed by atoms with van der Waals surface area (Å²) in [5.74, 6) is 1.11. The summed E-state index contributed by atoms with van der Waals surface area (Å²) in [5.41, 5.74) is 8.64. The first-order valence-electron chi connectivity index (χ1n) is 7.17. The summed E-state index contributed by atoms with van der Waals surface area (Å²) < 4.78 is 11.0. The van der Waals surface area contributed by atoms with E-state index in [1.807, 2.05) is 0 Å². The zero-order valence-electron chi connectivity index (χ0n) is 12.0. The second kappa shape index (κ2) is 7.04. The molecule has 0 bridgehead atoms. The molecule has 2 unspecified atom stereocenters. The van der Waals surface area contributed by atoms with Crippen LogP contribution in [-0.4, -0.2) is 26.4 Å². The molecular weight excluding hydrogens is 238 g/mol. The average Bonchev–Trinajstić information content (AvgIpc) is 2.92. The molecule has 1 heterocycles. The minimum Gasteiger partial charge on any atom is -0.381 e. The predicted octanol–water partition coefficient (Wildman–Crippen LogP) is 2.86. The Labute approximate surface area is 116 Å². The Morgan fingerprint density at radius 3 is 2.53 bits per heavy atom. The van der Waals surface area contributed by atoms with Crippen LogP contribution in [0.5, 0.6) is 0 Å². The maximum absolute atomic E-state index is 6.15. The van der Waals surface area contributed by atoms with Crippen LogP contribution in [0.1, 0.15) is 43.4 Å². The number of nitrogens with two attached hydrogens (primary N) is 1. The van der Waals surface area contributed by atoms with Crippen molar-refractivity contribution in [2.45, 2.75) is 32.2 Å². The summed E-state index contributed by atoms with van der Waals surface area (Å²) >= 11 is 0. The maximum Gasteiger partial charge on any atom is 0.0659 e. The van der Waals surface area contributed by atoms with Crippen LogP contribution in [0.3, 0.4) is 0 Å². The van der Waals surface area contributed by atoms with Crippen LogP contribution in [0.2, 0.25) is 0 Å². The molecule has 2 N–H and O–H groups in total. The van der Waals surface area contributed by atoms with Gasteiger partial charge < -0.3 is 15.2 Å². The Morgan fingerprint density at radius 2 is 1.95 bits per heavy atom. The highest BCUT2D eigenvalue weighted by molar-refractivity contribution is 5.26. The van der Waals surface area contributed by atoms with Crippen molar-refractivity contribution in [3.05, 3.63) is 35.4 Å². The van der Waals surface area contributed by atoms with E-state index in [-0.39, 0.29) is 6.04 Å². The summed E-state index contributed by atoms with van der Waals surface area (Å²) in [6.45, 7) is 7.44. The lowest BCUT2D eigenvalue weighted by atomic mass is 9.99. The molecule has 3 nitrogen and oxygen atoms in total. The highest BCUT2D eigenvalue weighted by Crippen LogP contribution is 2.18. The molecule has 1 fully saturated rings. The van der Waals surface area contributed by atoms with E-state index in [9.17, 15) is 0 Å². The lowest BCUT2D eigenvalue weighted by Gasteiger charge is -2.15. The van der Waals surface area contributed by atoms with Crippen LogP contribution in [0.25, 0.3) is 0 Å². The summed E-state index contributed by atoms with van der Waals surface area (Å²) in [7, 11) is 0. The molecule has 1 saturated heterocycles. The van der Waals surface area contributed by atoms with Crippen molar-refractivity contribution in [1.82, 2.24) is 0 Å². The Bertz CT molecular complexity index is 369. The number of hydrogen-bond donors (Lipinski definition) is 1. The van der Waals surface area contributed by atoms with Gasteiger partial charge in [-0.25, -0.2) is 0 Å². The van der Waals surface area contributed by atoms with Crippen molar-refractivity contribution in [1.29, 1.82) is 0 Å². The van der Waals surface area contributed by atoms with E-state index in [1.165, 1.54) is 5.56 Å². The molecule has 0 aliphatic carbocycles. The van der Waals surface area contributed by atoms with Crippen molar-refractivity contribution in [2.75, 3.05) is 26.4 Å². The second-order valence-electron chi connectivity index (χ2n) is 5.69. The van der Waals surface area contributed by atoms with Crippen molar-refractivity contribution < 1.29 is 9.47 Å². The number of rotatable bonds is 6. The van der Waals surface area contributed by atoms with Gasteiger partial charge in [0.15, 0.2) is 0 Å². The van der Waals surface area contributed by atoms with Gasteiger partial charge >= 0.3 is 0 Å². The summed E-state index contributed by atoms with van der Waals surface area (Å²) in [6.07, 6.45) is 1.11. The van der Waals surface area contributed by atoms with Crippen LogP contribution in [-0.2, 0) is 9.47 Å². The molecule has 0 aromatic heterocycles. The third-order valence-corrected chi connectivity index (χ3v) is 3.71. The van der Waals surface area contributed by atoms with Crippen LogP contribution in [0.15, 0.2) is 24.3 Å². The van der Waals surface area contributed by atoms with E-state index < -0.39 is 0 Å². The van der Waals surface area contributed by atoms with Crippen molar-refractivity contribution in [3.8, 4) is 0 Å². The molecule has 3 heteroatoms. The van der Waals surface area contributed by atoms with Gasteiger partial charge in [0.1, 0.15) is 0 Å². The van der Waals surface area contributed by atoms with E-state index in [0.717, 1.165) is 31.8 Å². The van der Waals surface area contributed by atoms with Gasteiger partial charge in [-0.2, -0.15) is 0 Å². The second-order valence-corrected chi connectivity index (χ2v) is 5.69. The molecular formula is C16H25NO2. The Balaban J connectivity index is 1.76. The first-order chi connectivity index (χ1) is 9.16. The van der Waals surface area contributed by atoms with Crippen LogP contribution < -0.4 is 5.73 Å². The smallest absolute Gasteiger partial charge is 0.0659 e. The molecule has 0 spiro atoms. The standard InChI is InChI=1S/C16H25NO2/c1-12(2)14-3-5-15(6-4-14)16(17)11-19-10-13-7-8-18-9-13/h3-6,12-13,16H,7-11,17H2,1-2H3. The molecule has 0 saturated carbocycles. The zero-order valence-corrected chi connectivity index (χ0v) is 12.0. The molecule has 19 heavy (non-hydrogen) atoms. The van der Waals surface area contributed by atoms with E-state index in [1.54, 1.807) is 0 Å². The zero-order chi connectivity index (χ0) is 13.7. The number of benzene rings is 1. The third kappa shape index (κ3) is 4.30. The van der Waals surface area contributed by atoms with E-state index in [0.29, 0.717) is 18.4 Å².